The largest absolute Gasteiger partial charge is 0.482 e. The number of furan rings is 1. The lowest BCUT2D eigenvalue weighted by Crippen LogP contribution is -2.20. The van der Waals surface area contributed by atoms with Crippen LogP contribution in [0.5, 0.6) is 5.75 Å². The highest BCUT2D eigenvalue weighted by Crippen LogP contribution is 2.30. The van der Waals surface area contributed by atoms with Gasteiger partial charge in [-0.15, -0.1) is 0 Å². The van der Waals surface area contributed by atoms with Crippen LogP contribution in [0.1, 0.15) is 16.1 Å². The summed E-state index contributed by atoms with van der Waals surface area (Å²) in [5, 5.41) is 3.71. The molecule has 3 rings (SSSR count). The molecule has 0 atom stereocenters. The van der Waals surface area contributed by atoms with Crippen molar-refractivity contribution >= 4 is 34.2 Å². The summed E-state index contributed by atoms with van der Waals surface area (Å²) < 4.78 is 47.4. The van der Waals surface area contributed by atoms with Crippen molar-refractivity contribution in [2.24, 2.45) is 0 Å². The number of hydrogen-bond donors (Lipinski definition) is 1. The zero-order valence-electron chi connectivity index (χ0n) is 13.5. The highest BCUT2D eigenvalue weighted by molar-refractivity contribution is 6.31. The molecule has 4 nitrogen and oxygen atoms in total. The highest BCUT2D eigenvalue weighted by atomic mass is 35.5. The summed E-state index contributed by atoms with van der Waals surface area (Å²) >= 11 is 5.95. The number of benzene rings is 2. The van der Waals surface area contributed by atoms with Crippen molar-refractivity contribution in [1.29, 1.82) is 0 Å². The van der Waals surface area contributed by atoms with E-state index in [1.165, 1.54) is 18.2 Å². The van der Waals surface area contributed by atoms with Crippen LogP contribution in [0.4, 0.5) is 18.9 Å². The Kier molecular flexibility index (Phi) is 4.82. The lowest BCUT2D eigenvalue weighted by Gasteiger charge is -2.13. The second-order valence-electron chi connectivity index (χ2n) is 5.55. The molecule has 0 radical (unpaired) electrons. The van der Waals surface area contributed by atoms with Crippen LogP contribution in [0, 0.1) is 6.92 Å². The number of nitrogens with one attached hydrogen (secondary N) is 1. The zero-order valence-corrected chi connectivity index (χ0v) is 14.2. The SMILES string of the molecule is Cc1c(C(=O)Nc2ccccc2OCC(F)(F)F)oc2ccc(Cl)cc12. The van der Waals surface area contributed by atoms with Crippen molar-refractivity contribution in [3.05, 3.63) is 58.8 Å². The van der Waals surface area contributed by atoms with E-state index in [1.807, 2.05) is 0 Å². The number of carbonyl (C=O) groups excluding carboxylic acids is 1. The van der Waals surface area contributed by atoms with Gasteiger partial charge in [0.15, 0.2) is 12.4 Å². The predicted molar refractivity (Wildman–Crippen MR) is 91.9 cm³/mol. The zero-order chi connectivity index (χ0) is 18.9. The Hall–Kier alpha value is -2.67. The number of para-hydroxylation sites is 2. The van der Waals surface area contributed by atoms with E-state index in [9.17, 15) is 18.0 Å². The van der Waals surface area contributed by atoms with Crippen LogP contribution >= 0.6 is 11.6 Å². The number of anilines is 1. The van der Waals surface area contributed by atoms with E-state index in [-0.39, 0.29) is 17.2 Å². The van der Waals surface area contributed by atoms with Crippen LogP contribution in [0.3, 0.4) is 0 Å². The molecule has 0 aliphatic rings. The summed E-state index contributed by atoms with van der Waals surface area (Å²) in [5.41, 5.74) is 1.17. The molecule has 0 saturated heterocycles. The first kappa shape index (κ1) is 18.1. The van der Waals surface area contributed by atoms with Gasteiger partial charge in [0, 0.05) is 16.0 Å². The number of aryl methyl sites for hydroxylation is 1. The molecule has 1 amide bonds. The summed E-state index contributed by atoms with van der Waals surface area (Å²) in [5.74, 6) is -0.638. The molecule has 26 heavy (non-hydrogen) atoms. The average molecular weight is 384 g/mol. The molecule has 1 aromatic heterocycles. The van der Waals surface area contributed by atoms with Gasteiger partial charge in [-0.1, -0.05) is 23.7 Å². The van der Waals surface area contributed by atoms with E-state index in [2.05, 4.69) is 5.32 Å². The number of carbonyl (C=O) groups is 1. The molecule has 136 valence electrons. The third-order valence-electron chi connectivity index (χ3n) is 3.63. The van der Waals surface area contributed by atoms with E-state index in [1.54, 1.807) is 31.2 Å². The summed E-state index contributed by atoms with van der Waals surface area (Å²) in [6, 6.07) is 10.8. The first-order chi connectivity index (χ1) is 12.2. The molecule has 0 aliphatic heterocycles. The fourth-order valence-corrected chi connectivity index (χ4v) is 2.62. The molecule has 0 unspecified atom stereocenters. The number of fused-ring (bicyclic) bond motifs is 1. The first-order valence-corrected chi connectivity index (χ1v) is 7.91. The lowest BCUT2D eigenvalue weighted by molar-refractivity contribution is -0.153. The maximum absolute atomic E-state index is 12.5. The van der Waals surface area contributed by atoms with Crippen LogP contribution < -0.4 is 10.1 Å². The normalized spacial score (nSPS) is 11.6. The second kappa shape index (κ2) is 6.92. The molecule has 0 bridgehead atoms. The number of alkyl halides is 3. The van der Waals surface area contributed by atoms with Gasteiger partial charge in [0.25, 0.3) is 5.91 Å². The lowest BCUT2D eigenvalue weighted by atomic mass is 10.1. The Labute approximate surface area is 151 Å². The van der Waals surface area contributed by atoms with Gasteiger partial charge in [-0.2, -0.15) is 13.2 Å². The van der Waals surface area contributed by atoms with Gasteiger partial charge in [0.05, 0.1) is 5.69 Å². The van der Waals surface area contributed by atoms with E-state index in [0.29, 0.717) is 21.6 Å². The van der Waals surface area contributed by atoms with Gasteiger partial charge in [-0.25, -0.2) is 0 Å². The van der Waals surface area contributed by atoms with Gasteiger partial charge >= 0.3 is 6.18 Å². The molecule has 2 aromatic carbocycles. The fourth-order valence-electron chi connectivity index (χ4n) is 2.44. The molecule has 3 aromatic rings. The second-order valence-corrected chi connectivity index (χ2v) is 5.99. The number of amides is 1. The Balaban J connectivity index is 1.86. The summed E-state index contributed by atoms with van der Waals surface area (Å²) in [6.45, 7) is 0.241. The van der Waals surface area contributed by atoms with Crippen LogP contribution in [0.2, 0.25) is 5.02 Å². The number of hydrogen-bond acceptors (Lipinski definition) is 3. The van der Waals surface area contributed by atoms with Crippen molar-refractivity contribution in [3.8, 4) is 5.75 Å². The minimum absolute atomic E-state index is 0.0490. The van der Waals surface area contributed by atoms with Gasteiger partial charge in [-0.05, 0) is 37.3 Å². The third-order valence-corrected chi connectivity index (χ3v) is 3.87. The number of rotatable bonds is 4. The fraction of sp³-hybridized carbons (Fsp3) is 0.167. The Morgan fingerprint density at radius 3 is 2.69 bits per heavy atom. The van der Waals surface area contributed by atoms with Crippen molar-refractivity contribution in [3.63, 3.8) is 0 Å². The topological polar surface area (TPSA) is 51.5 Å². The van der Waals surface area contributed by atoms with Crippen molar-refractivity contribution in [2.45, 2.75) is 13.1 Å². The predicted octanol–water partition coefficient (Wildman–Crippen LogP) is 5.59. The monoisotopic (exact) mass is 383 g/mol. The van der Waals surface area contributed by atoms with E-state index in [4.69, 9.17) is 20.8 Å². The van der Waals surface area contributed by atoms with Crippen molar-refractivity contribution in [2.75, 3.05) is 11.9 Å². The maximum atomic E-state index is 12.5. The summed E-state index contributed by atoms with van der Waals surface area (Å²) in [6.07, 6.45) is -4.48. The third kappa shape index (κ3) is 3.94. The van der Waals surface area contributed by atoms with E-state index >= 15 is 0 Å². The average Bonchev–Trinajstić information content (AvgIpc) is 2.90. The van der Waals surface area contributed by atoms with Gasteiger partial charge in [0.1, 0.15) is 11.3 Å². The molecule has 8 heteroatoms. The smallest absolute Gasteiger partial charge is 0.422 e. The van der Waals surface area contributed by atoms with Crippen molar-refractivity contribution < 1.29 is 27.1 Å². The van der Waals surface area contributed by atoms with Crippen LogP contribution in [0.25, 0.3) is 11.0 Å². The molecule has 1 N–H and O–H groups in total. The Morgan fingerprint density at radius 2 is 1.96 bits per heavy atom. The molecule has 0 spiro atoms. The summed E-state index contributed by atoms with van der Waals surface area (Å²) in [7, 11) is 0. The molecule has 0 fully saturated rings. The number of halogens is 4. The molecular formula is C18H13ClF3NO3. The Morgan fingerprint density at radius 1 is 1.23 bits per heavy atom. The van der Waals surface area contributed by atoms with Gasteiger partial charge in [0.2, 0.25) is 0 Å². The Bertz CT molecular complexity index is 966. The molecule has 0 saturated carbocycles. The van der Waals surface area contributed by atoms with Crippen LogP contribution in [-0.2, 0) is 0 Å². The molecule has 0 aliphatic carbocycles. The maximum Gasteiger partial charge on any atom is 0.422 e. The minimum Gasteiger partial charge on any atom is -0.482 e. The van der Waals surface area contributed by atoms with Crippen molar-refractivity contribution in [1.82, 2.24) is 0 Å². The minimum atomic E-state index is -4.48. The first-order valence-electron chi connectivity index (χ1n) is 7.53. The molecule has 1 heterocycles. The molecular weight excluding hydrogens is 371 g/mol. The van der Waals surface area contributed by atoms with Crippen LogP contribution in [-0.4, -0.2) is 18.7 Å². The highest BCUT2D eigenvalue weighted by Gasteiger charge is 2.29. The van der Waals surface area contributed by atoms with E-state index in [0.717, 1.165) is 0 Å². The van der Waals surface area contributed by atoms with Gasteiger partial charge in [-0.3, -0.25) is 4.79 Å². The van der Waals surface area contributed by atoms with Gasteiger partial charge < -0.3 is 14.5 Å². The number of ether oxygens (including phenoxy) is 1. The summed E-state index contributed by atoms with van der Waals surface area (Å²) in [4.78, 5) is 12.5. The van der Waals surface area contributed by atoms with E-state index < -0.39 is 18.7 Å². The quantitative estimate of drug-likeness (QED) is 0.639. The van der Waals surface area contributed by atoms with Crippen LogP contribution in [0.15, 0.2) is 46.9 Å². The standard InChI is InChI=1S/C18H13ClF3NO3/c1-10-12-8-11(19)6-7-14(12)26-16(10)17(24)23-13-4-2-3-5-15(13)25-9-18(20,21)22/h2-8H,9H2,1H3,(H,23,24).